The molecule has 1 unspecified atom stereocenters. The topological polar surface area (TPSA) is 96.4 Å². The molecule has 0 aliphatic carbocycles. The average molecular weight is 509 g/mol. The minimum atomic E-state index is -0.821. The van der Waals surface area contributed by atoms with E-state index < -0.39 is 5.97 Å². The molecule has 0 aromatic heterocycles. The first-order chi connectivity index (χ1) is 17.9. The lowest BCUT2D eigenvalue weighted by atomic mass is 9.97. The van der Waals surface area contributed by atoms with Gasteiger partial charge >= 0.3 is 5.97 Å². The number of carbonyl (C=O) groups excluding carboxylic acids is 2. The number of carboxylic acids is 1. The Balaban J connectivity index is 1.47. The third kappa shape index (κ3) is 6.68. The quantitative estimate of drug-likeness (QED) is 0.404. The van der Waals surface area contributed by atoms with E-state index >= 15 is 0 Å². The van der Waals surface area contributed by atoms with Gasteiger partial charge < -0.3 is 14.6 Å². The monoisotopic (exact) mass is 508 g/mol. The third-order valence-electron chi connectivity index (χ3n) is 7.06. The Bertz CT molecular complexity index is 1130. The van der Waals surface area contributed by atoms with Crippen molar-refractivity contribution in [3.05, 3.63) is 58.7 Å². The number of benzene rings is 2. The lowest BCUT2D eigenvalue weighted by Crippen LogP contribution is -2.33. The number of imide groups is 1. The molecule has 4 rings (SSSR count). The lowest BCUT2D eigenvalue weighted by molar-refractivity contribution is -0.140. The molecule has 2 aliphatic rings. The second kappa shape index (κ2) is 12.2. The number of hydrogen-bond donors (Lipinski definition) is 1. The second-order valence-electron chi connectivity index (χ2n) is 9.79. The molecule has 2 aromatic carbocycles. The maximum atomic E-state index is 11.9. The summed E-state index contributed by atoms with van der Waals surface area (Å²) in [5, 5.41) is 9.74. The molecule has 2 heterocycles. The molecule has 1 saturated heterocycles. The maximum Gasteiger partial charge on any atom is 0.305 e. The molecule has 8 heteroatoms. The highest BCUT2D eigenvalue weighted by Crippen LogP contribution is 2.33. The van der Waals surface area contributed by atoms with Crippen molar-refractivity contribution in [3.8, 4) is 11.5 Å². The first kappa shape index (κ1) is 26.7. The second-order valence-corrected chi connectivity index (χ2v) is 9.79. The normalized spacial score (nSPS) is 15.7. The van der Waals surface area contributed by atoms with Crippen LogP contribution in [0.1, 0.15) is 67.3 Å². The van der Waals surface area contributed by atoms with E-state index in [0.29, 0.717) is 18.9 Å². The Morgan fingerprint density at radius 3 is 2.62 bits per heavy atom. The highest BCUT2D eigenvalue weighted by Gasteiger charge is 2.28. The van der Waals surface area contributed by atoms with Crippen LogP contribution in [0, 0.1) is 6.92 Å². The molecule has 0 saturated carbocycles. The number of likely N-dealkylation sites (tertiary alicyclic amines) is 1. The number of fused-ring (bicyclic) bond motifs is 1. The van der Waals surface area contributed by atoms with Crippen LogP contribution in [0.3, 0.4) is 0 Å². The van der Waals surface area contributed by atoms with Gasteiger partial charge in [-0.1, -0.05) is 37.6 Å². The smallest absolute Gasteiger partial charge is 0.305 e. The number of nitrogens with zero attached hydrogens (tertiary/aromatic N) is 2. The largest absolute Gasteiger partial charge is 0.493 e. The molecule has 2 amide bonds. The number of rotatable bonds is 13. The number of carbonyl (C=O) groups is 3. The van der Waals surface area contributed by atoms with Crippen LogP contribution in [0.5, 0.6) is 11.5 Å². The van der Waals surface area contributed by atoms with E-state index in [4.69, 9.17) is 9.47 Å². The van der Waals surface area contributed by atoms with Gasteiger partial charge in [0.25, 0.3) is 0 Å². The van der Waals surface area contributed by atoms with E-state index in [9.17, 15) is 19.5 Å². The lowest BCUT2D eigenvalue weighted by Gasteiger charge is -2.32. The number of unbranched alkanes of at least 4 members (excludes halogenated alkanes) is 1. The summed E-state index contributed by atoms with van der Waals surface area (Å²) in [6.07, 6.45) is 3.42. The first-order valence-corrected chi connectivity index (χ1v) is 13.1. The van der Waals surface area contributed by atoms with Crippen molar-refractivity contribution in [2.75, 3.05) is 26.3 Å². The van der Waals surface area contributed by atoms with Gasteiger partial charge in [-0.25, -0.2) is 0 Å². The summed E-state index contributed by atoms with van der Waals surface area (Å²) in [5.74, 6) is 0.503. The van der Waals surface area contributed by atoms with E-state index in [0.717, 1.165) is 53.8 Å². The molecule has 2 aliphatic heterocycles. The van der Waals surface area contributed by atoms with Crippen molar-refractivity contribution in [1.82, 2.24) is 9.80 Å². The Morgan fingerprint density at radius 2 is 1.92 bits per heavy atom. The van der Waals surface area contributed by atoms with Gasteiger partial charge in [-0.3, -0.25) is 24.2 Å². The van der Waals surface area contributed by atoms with E-state index in [1.165, 1.54) is 4.90 Å². The van der Waals surface area contributed by atoms with Crippen molar-refractivity contribution in [1.29, 1.82) is 0 Å². The van der Waals surface area contributed by atoms with Gasteiger partial charge in [0, 0.05) is 31.8 Å². The molecule has 2 aromatic rings. The van der Waals surface area contributed by atoms with Crippen molar-refractivity contribution in [2.24, 2.45) is 0 Å². The summed E-state index contributed by atoms with van der Waals surface area (Å²) in [6.45, 7) is 6.68. The van der Waals surface area contributed by atoms with Crippen LogP contribution >= 0.6 is 0 Å². The minimum Gasteiger partial charge on any atom is -0.493 e. The Hall–Kier alpha value is -3.39. The fourth-order valence-electron chi connectivity index (χ4n) is 5.07. The number of carboxylic acid groups (broad SMARTS) is 1. The Labute approximate surface area is 218 Å². The molecule has 0 radical (unpaired) electrons. The molecular formula is C29H36N2O6. The standard InChI is InChI=1S/C29H36N2O6/c1-3-4-12-30(24(18-29(34)35)22-6-8-26-23(17-22)11-14-36-26)19-21-5-7-25(20(2)16-21)37-15-13-31-27(32)9-10-28(31)33/h5-8,16-17,24H,3-4,9-15,18-19H2,1-2H3,(H,34,35). The predicted octanol–water partition coefficient (Wildman–Crippen LogP) is 4.28. The maximum absolute atomic E-state index is 11.9. The van der Waals surface area contributed by atoms with Crippen molar-refractivity contribution < 1.29 is 29.0 Å². The number of hydrogen-bond acceptors (Lipinski definition) is 6. The van der Waals surface area contributed by atoms with Crippen LogP contribution in [0.15, 0.2) is 36.4 Å². The van der Waals surface area contributed by atoms with Crippen molar-refractivity contribution >= 4 is 17.8 Å². The zero-order chi connectivity index (χ0) is 26.4. The molecule has 1 atom stereocenters. The zero-order valence-electron chi connectivity index (χ0n) is 21.7. The van der Waals surface area contributed by atoms with Crippen LogP contribution in [0.25, 0.3) is 0 Å². The summed E-state index contributed by atoms with van der Waals surface area (Å²) in [5.41, 5.74) is 4.17. The zero-order valence-corrected chi connectivity index (χ0v) is 21.7. The van der Waals surface area contributed by atoms with Gasteiger partial charge in [-0.15, -0.1) is 0 Å². The van der Waals surface area contributed by atoms with Crippen molar-refractivity contribution in [2.45, 2.75) is 65.0 Å². The fourth-order valence-corrected chi connectivity index (χ4v) is 5.07. The molecule has 198 valence electrons. The van der Waals surface area contributed by atoms with Gasteiger partial charge in [0.05, 0.1) is 19.6 Å². The molecule has 0 spiro atoms. The van der Waals surface area contributed by atoms with Crippen LogP contribution in [0.2, 0.25) is 0 Å². The number of amides is 2. The van der Waals surface area contributed by atoms with Crippen LogP contribution < -0.4 is 9.47 Å². The van der Waals surface area contributed by atoms with Crippen LogP contribution in [-0.4, -0.2) is 59.0 Å². The van der Waals surface area contributed by atoms with E-state index in [-0.39, 0.29) is 50.3 Å². The predicted molar refractivity (Wildman–Crippen MR) is 139 cm³/mol. The number of aryl methyl sites for hydroxylation is 1. The summed E-state index contributed by atoms with van der Waals surface area (Å²) in [4.78, 5) is 39.0. The SMILES string of the molecule is CCCCN(Cc1ccc(OCCN2C(=O)CCC2=O)c(C)c1)C(CC(=O)O)c1ccc2c(c1)CCO2. The van der Waals surface area contributed by atoms with Gasteiger partial charge in [-0.05, 0) is 54.3 Å². The third-order valence-corrected chi connectivity index (χ3v) is 7.06. The van der Waals surface area contributed by atoms with E-state index in [1.54, 1.807) is 0 Å². The number of ether oxygens (including phenoxy) is 2. The van der Waals surface area contributed by atoms with E-state index in [1.807, 2.05) is 31.2 Å². The minimum absolute atomic E-state index is 0.0253. The van der Waals surface area contributed by atoms with Gasteiger partial charge in [0.1, 0.15) is 18.1 Å². The highest BCUT2D eigenvalue weighted by molar-refractivity contribution is 6.01. The van der Waals surface area contributed by atoms with Gasteiger partial charge in [0.2, 0.25) is 11.8 Å². The van der Waals surface area contributed by atoms with Crippen molar-refractivity contribution in [3.63, 3.8) is 0 Å². The summed E-state index contributed by atoms with van der Waals surface area (Å²) < 4.78 is 11.5. The summed E-state index contributed by atoms with van der Waals surface area (Å²) >= 11 is 0. The Morgan fingerprint density at radius 1 is 1.14 bits per heavy atom. The molecular weight excluding hydrogens is 472 g/mol. The van der Waals surface area contributed by atoms with Crippen LogP contribution in [0.4, 0.5) is 0 Å². The molecule has 1 N–H and O–H groups in total. The fraction of sp³-hybridized carbons (Fsp3) is 0.483. The summed E-state index contributed by atoms with van der Waals surface area (Å²) in [6, 6.07) is 11.8. The first-order valence-electron chi connectivity index (χ1n) is 13.1. The Kier molecular flexibility index (Phi) is 8.82. The number of aliphatic carboxylic acids is 1. The van der Waals surface area contributed by atoms with Gasteiger partial charge in [-0.2, -0.15) is 0 Å². The molecule has 37 heavy (non-hydrogen) atoms. The van der Waals surface area contributed by atoms with Crippen LogP contribution in [-0.2, 0) is 27.3 Å². The highest BCUT2D eigenvalue weighted by atomic mass is 16.5. The summed E-state index contributed by atoms with van der Waals surface area (Å²) in [7, 11) is 0. The van der Waals surface area contributed by atoms with Gasteiger partial charge in [0.15, 0.2) is 0 Å². The molecule has 0 bridgehead atoms. The average Bonchev–Trinajstić information content (AvgIpc) is 3.47. The van der Waals surface area contributed by atoms with E-state index in [2.05, 4.69) is 24.0 Å². The molecule has 8 nitrogen and oxygen atoms in total. The molecule has 1 fully saturated rings.